The van der Waals surface area contributed by atoms with Gasteiger partial charge in [-0.15, -0.1) is 0 Å². The third-order valence-corrected chi connectivity index (χ3v) is 1.98. The molecule has 2 N–H and O–H groups in total. The van der Waals surface area contributed by atoms with E-state index in [0.717, 1.165) is 6.42 Å². The first-order valence-corrected chi connectivity index (χ1v) is 4.14. The Morgan fingerprint density at radius 3 is 2.50 bits per heavy atom. The van der Waals surface area contributed by atoms with Crippen LogP contribution in [0.4, 0.5) is 0 Å². The Labute approximate surface area is 72.8 Å². The van der Waals surface area contributed by atoms with E-state index in [4.69, 9.17) is 10.2 Å². The molecule has 0 bridgehead atoms. The Hall–Kier alpha value is -0.610. The molecule has 0 spiro atoms. The molecule has 0 saturated carbocycles. The van der Waals surface area contributed by atoms with Crippen molar-refractivity contribution in [3.63, 3.8) is 0 Å². The second-order valence-electron chi connectivity index (χ2n) is 2.87. The van der Waals surface area contributed by atoms with E-state index in [1.54, 1.807) is 0 Å². The molecule has 4 nitrogen and oxygen atoms in total. The summed E-state index contributed by atoms with van der Waals surface area (Å²) in [5.74, 6) is -0.797. The molecule has 4 heteroatoms. The fourth-order valence-electron chi connectivity index (χ4n) is 1.03. The molecule has 0 aliphatic heterocycles. The third kappa shape index (κ3) is 4.31. The SMILES string of the molecule is CCC(CO)N(C)CCC(=O)O. The number of rotatable bonds is 6. The average Bonchev–Trinajstić information content (AvgIpc) is 2.03. The Kier molecular flexibility index (Phi) is 5.66. The van der Waals surface area contributed by atoms with E-state index in [0.29, 0.717) is 6.54 Å². The topological polar surface area (TPSA) is 60.8 Å². The Bertz CT molecular complexity index is 134. The van der Waals surface area contributed by atoms with E-state index in [1.165, 1.54) is 0 Å². The lowest BCUT2D eigenvalue weighted by Crippen LogP contribution is -2.35. The van der Waals surface area contributed by atoms with Gasteiger partial charge in [-0.05, 0) is 13.5 Å². The molecule has 0 aromatic carbocycles. The normalized spacial score (nSPS) is 13.3. The maximum absolute atomic E-state index is 10.2. The Morgan fingerprint density at radius 2 is 2.17 bits per heavy atom. The van der Waals surface area contributed by atoms with Crippen LogP contribution in [0.15, 0.2) is 0 Å². The fraction of sp³-hybridized carbons (Fsp3) is 0.875. The van der Waals surface area contributed by atoms with Gasteiger partial charge in [0.25, 0.3) is 0 Å². The predicted octanol–water partition coefficient (Wildman–Crippen LogP) is 0.164. The predicted molar refractivity (Wildman–Crippen MR) is 46.0 cm³/mol. The first kappa shape index (κ1) is 11.4. The van der Waals surface area contributed by atoms with Crippen LogP contribution in [0.3, 0.4) is 0 Å². The van der Waals surface area contributed by atoms with Gasteiger partial charge in [0.05, 0.1) is 13.0 Å². The number of aliphatic carboxylic acids is 1. The minimum Gasteiger partial charge on any atom is -0.481 e. The number of hydrogen-bond acceptors (Lipinski definition) is 3. The van der Waals surface area contributed by atoms with Gasteiger partial charge in [0.2, 0.25) is 0 Å². The maximum atomic E-state index is 10.2. The third-order valence-electron chi connectivity index (χ3n) is 1.98. The van der Waals surface area contributed by atoms with Gasteiger partial charge in [-0.2, -0.15) is 0 Å². The fourth-order valence-corrected chi connectivity index (χ4v) is 1.03. The van der Waals surface area contributed by atoms with Crippen molar-refractivity contribution in [2.24, 2.45) is 0 Å². The molecule has 1 atom stereocenters. The van der Waals surface area contributed by atoms with Crippen LogP contribution in [-0.2, 0) is 4.79 Å². The maximum Gasteiger partial charge on any atom is 0.304 e. The number of aliphatic hydroxyl groups is 1. The number of carbonyl (C=O) groups is 1. The molecule has 0 heterocycles. The molecule has 0 aromatic heterocycles. The molecule has 0 aliphatic carbocycles. The molecular formula is C8H17NO3. The van der Waals surface area contributed by atoms with E-state index in [9.17, 15) is 4.79 Å². The second kappa shape index (κ2) is 5.97. The van der Waals surface area contributed by atoms with Crippen LogP contribution >= 0.6 is 0 Å². The summed E-state index contributed by atoms with van der Waals surface area (Å²) in [5.41, 5.74) is 0. The first-order valence-electron chi connectivity index (χ1n) is 4.14. The molecule has 0 fully saturated rings. The highest BCUT2D eigenvalue weighted by molar-refractivity contribution is 5.66. The molecule has 0 rings (SSSR count). The van der Waals surface area contributed by atoms with Gasteiger partial charge < -0.3 is 15.1 Å². The van der Waals surface area contributed by atoms with Crippen LogP contribution in [0.5, 0.6) is 0 Å². The van der Waals surface area contributed by atoms with E-state index in [2.05, 4.69) is 0 Å². The molecule has 0 radical (unpaired) electrons. The van der Waals surface area contributed by atoms with Gasteiger partial charge in [0, 0.05) is 12.6 Å². The van der Waals surface area contributed by atoms with Crippen LogP contribution in [0.25, 0.3) is 0 Å². The van der Waals surface area contributed by atoms with E-state index < -0.39 is 5.97 Å². The monoisotopic (exact) mass is 175 g/mol. The van der Waals surface area contributed by atoms with Crippen LogP contribution in [0.2, 0.25) is 0 Å². The highest BCUT2D eigenvalue weighted by Crippen LogP contribution is 2.00. The van der Waals surface area contributed by atoms with Crippen LogP contribution < -0.4 is 0 Å². The second-order valence-corrected chi connectivity index (χ2v) is 2.87. The Balaban J connectivity index is 3.68. The summed E-state index contributed by atoms with van der Waals surface area (Å²) >= 11 is 0. The van der Waals surface area contributed by atoms with Crippen molar-refractivity contribution in [3.05, 3.63) is 0 Å². The van der Waals surface area contributed by atoms with Gasteiger partial charge >= 0.3 is 5.97 Å². The lowest BCUT2D eigenvalue weighted by Gasteiger charge is -2.24. The number of carboxylic acid groups (broad SMARTS) is 1. The van der Waals surface area contributed by atoms with Crippen LogP contribution in [-0.4, -0.2) is 47.3 Å². The summed E-state index contributed by atoms with van der Waals surface area (Å²) in [7, 11) is 1.83. The highest BCUT2D eigenvalue weighted by Gasteiger charge is 2.11. The minimum absolute atomic E-state index is 0.0874. The van der Waals surface area contributed by atoms with Crippen molar-refractivity contribution in [1.29, 1.82) is 0 Å². The zero-order chi connectivity index (χ0) is 9.56. The van der Waals surface area contributed by atoms with Crippen molar-refractivity contribution >= 4 is 5.97 Å². The van der Waals surface area contributed by atoms with Crippen molar-refractivity contribution in [2.75, 3.05) is 20.2 Å². The summed E-state index contributed by atoms with van der Waals surface area (Å²) in [6.45, 7) is 2.55. The average molecular weight is 175 g/mol. The molecule has 0 saturated heterocycles. The number of likely N-dealkylation sites (N-methyl/N-ethyl adjacent to an activating group) is 1. The Morgan fingerprint density at radius 1 is 1.58 bits per heavy atom. The minimum atomic E-state index is -0.797. The van der Waals surface area contributed by atoms with E-state index in [-0.39, 0.29) is 19.1 Å². The zero-order valence-corrected chi connectivity index (χ0v) is 7.66. The molecule has 12 heavy (non-hydrogen) atoms. The van der Waals surface area contributed by atoms with Gasteiger partial charge in [-0.3, -0.25) is 4.79 Å². The van der Waals surface area contributed by atoms with E-state index >= 15 is 0 Å². The quantitative estimate of drug-likeness (QED) is 0.604. The van der Waals surface area contributed by atoms with Crippen molar-refractivity contribution < 1.29 is 15.0 Å². The smallest absolute Gasteiger partial charge is 0.304 e. The molecule has 72 valence electrons. The molecule has 1 unspecified atom stereocenters. The summed E-state index contributed by atoms with van der Waals surface area (Å²) in [5, 5.41) is 17.3. The van der Waals surface area contributed by atoms with Crippen molar-refractivity contribution in [3.8, 4) is 0 Å². The lowest BCUT2D eigenvalue weighted by molar-refractivity contribution is -0.137. The van der Waals surface area contributed by atoms with E-state index in [1.807, 2.05) is 18.9 Å². The van der Waals surface area contributed by atoms with Crippen molar-refractivity contribution in [2.45, 2.75) is 25.8 Å². The molecular weight excluding hydrogens is 158 g/mol. The zero-order valence-electron chi connectivity index (χ0n) is 7.66. The molecule has 0 aromatic rings. The standard InChI is InChI=1S/C8H17NO3/c1-3-7(6-10)9(2)5-4-8(11)12/h7,10H,3-6H2,1-2H3,(H,11,12). The number of aliphatic hydroxyl groups excluding tert-OH is 1. The van der Waals surface area contributed by atoms with Gasteiger partial charge in [0.15, 0.2) is 0 Å². The highest BCUT2D eigenvalue weighted by atomic mass is 16.4. The summed E-state index contributed by atoms with van der Waals surface area (Å²) < 4.78 is 0. The van der Waals surface area contributed by atoms with Gasteiger partial charge in [0.1, 0.15) is 0 Å². The number of carboxylic acids is 1. The number of hydrogen-bond donors (Lipinski definition) is 2. The largest absolute Gasteiger partial charge is 0.481 e. The van der Waals surface area contributed by atoms with Gasteiger partial charge in [-0.1, -0.05) is 6.92 Å². The summed E-state index contributed by atoms with van der Waals surface area (Å²) in [6, 6.07) is 0.0874. The summed E-state index contributed by atoms with van der Waals surface area (Å²) in [6.07, 6.45) is 0.972. The van der Waals surface area contributed by atoms with Crippen molar-refractivity contribution in [1.82, 2.24) is 4.90 Å². The van der Waals surface area contributed by atoms with Crippen LogP contribution in [0, 0.1) is 0 Å². The number of nitrogens with zero attached hydrogens (tertiary/aromatic N) is 1. The molecule has 0 amide bonds. The summed E-state index contributed by atoms with van der Waals surface area (Å²) in [4.78, 5) is 12.1. The lowest BCUT2D eigenvalue weighted by atomic mass is 10.2. The first-order chi connectivity index (χ1) is 5.61. The van der Waals surface area contributed by atoms with Crippen LogP contribution in [0.1, 0.15) is 19.8 Å². The van der Waals surface area contributed by atoms with Gasteiger partial charge in [-0.25, -0.2) is 0 Å². The molecule has 0 aliphatic rings.